The lowest BCUT2D eigenvalue weighted by Crippen LogP contribution is -2.40. The zero-order valence-electron chi connectivity index (χ0n) is 8.78. The van der Waals surface area contributed by atoms with E-state index in [-0.39, 0.29) is 11.4 Å². The molecule has 1 rings (SSSR count). The minimum Gasteiger partial charge on any atom is -0.306 e. The molecule has 1 aromatic carbocycles. The predicted molar refractivity (Wildman–Crippen MR) is 63.0 cm³/mol. The number of rotatable bonds is 4. The van der Waals surface area contributed by atoms with Crippen molar-refractivity contribution >= 4 is 23.2 Å². The molecule has 0 aliphatic carbocycles. The summed E-state index contributed by atoms with van der Waals surface area (Å²) in [5.74, 6) is 0.187. The van der Waals surface area contributed by atoms with Crippen molar-refractivity contribution in [2.45, 2.75) is 25.9 Å². The molecule has 0 bridgehead atoms. The molecule has 0 radical (unpaired) electrons. The lowest BCUT2D eigenvalue weighted by atomic mass is 10.1. The maximum absolute atomic E-state index is 12.8. The smallest absolute Gasteiger partial charge is 0.124 e. The van der Waals surface area contributed by atoms with Gasteiger partial charge in [0.1, 0.15) is 5.82 Å². The van der Waals surface area contributed by atoms with Crippen LogP contribution >= 0.6 is 23.2 Å². The van der Waals surface area contributed by atoms with Crippen molar-refractivity contribution in [2.75, 3.05) is 5.88 Å². The number of hydrogen-bond donors (Lipinski definition) is 1. The summed E-state index contributed by atoms with van der Waals surface area (Å²) < 4.78 is 12.8. The highest BCUT2D eigenvalue weighted by molar-refractivity contribution is 6.31. The van der Waals surface area contributed by atoms with Gasteiger partial charge in [0.05, 0.1) is 0 Å². The monoisotopic (exact) mass is 249 g/mol. The van der Waals surface area contributed by atoms with Crippen LogP contribution in [0.5, 0.6) is 0 Å². The summed E-state index contributed by atoms with van der Waals surface area (Å²) in [5.41, 5.74) is 0.718. The Bertz CT molecular complexity index is 339. The van der Waals surface area contributed by atoms with Crippen LogP contribution in [0.4, 0.5) is 4.39 Å². The second kappa shape index (κ2) is 5.15. The minimum absolute atomic E-state index is 0.154. The van der Waals surface area contributed by atoms with Gasteiger partial charge in [-0.3, -0.25) is 0 Å². The zero-order valence-corrected chi connectivity index (χ0v) is 10.3. The Labute approximate surface area is 99.6 Å². The Morgan fingerprint density at radius 3 is 2.60 bits per heavy atom. The summed E-state index contributed by atoms with van der Waals surface area (Å²) in [4.78, 5) is 0. The van der Waals surface area contributed by atoms with Crippen molar-refractivity contribution in [1.82, 2.24) is 5.32 Å². The molecule has 0 aromatic heterocycles. The zero-order chi connectivity index (χ0) is 11.5. The first kappa shape index (κ1) is 12.8. The summed E-state index contributed by atoms with van der Waals surface area (Å²) in [6.45, 7) is 4.58. The van der Waals surface area contributed by atoms with Crippen LogP contribution in [0.3, 0.4) is 0 Å². The maximum atomic E-state index is 12.8. The fraction of sp³-hybridized carbons (Fsp3) is 0.455. The summed E-state index contributed by atoms with van der Waals surface area (Å²) in [6, 6.07) is 4.39. The van der Waals surface area contributed by atoms with Crippen molar-refractivity contribution in [3.8, 4) is 0 Å². The van der Waals surface area contributed by atoms with Crippen LogP contribution in [0.1, 0.15) is 19.4 Å². The molecule has 0 saturated heterocycles. The third-order valence-electron chi connectivity index (χ3n) is 2.11. The molecule has 0 fully saturated rings. The SMILES string of the molecule is CC(C)(CCl)NCc1ccc(F)cc1Cl. The van der Waals surface area contributed by atoms with Crippen LogP contribution in [0.25, 0.3) is 0 Å². The molecule has 4 heteroatoms. The van der Waals surface area contributed by atoms with Crippen LogP contribution in [0.15, 0.2) is 18.2 Å². The molecule has 0 aliphatic rings. The summed E-state index contributed by atoms with van der Waals surface area (Å²) in [5, 5.41) is 3.68. The Hall–Kier alpha value is -0.310. The van der Waals surface area contributed by atoms with Crippen molar-refractivity contribution in [2.24, 2.45) is 0 Å². The Kier molecular flexibility index (Phi) is 4.38. The molecule has 0 atom stereocenters. The summed E-state index contributed by atoms with van der Waals surface area (Å²) in [6.07, 6.45) is 0. The third kappa shape index (κ3) is 3.98. The van der Waals surface area contributed by atoms with E-state index in [1.807, 2.05) is 13.8 Å². The van der Waals surface area contributed by atoms with E-state index in [1.54, 1.807) is 6.07 Å². The Morgan fingerprint density at radius 2 is 2.07 bits per heavy atom. The van der Waals surface area contributed by atoms with Gasteiger partial charge in [0.25, 0.3) is 0 Å². The number of hydrogen-bond acceptors (Lipinski definition) is 1. The number of benzene rings is 1. The van der Waals surface area contributed by atoms with Crippen LogP contribution < -0.4 is 5.32 Å². The molecule has 0 unspecified atom stereocenters. The number of alkyl halides is 1. The van der Waals surface area contributed by atoms with Crippen LogP contribution in [-0.4, -0.2) is 11.4 Å². The predicted octanol–water partition coefficient (Wildman–Crippen LogP) is 3.59. The standard InChI is InChI=1S/C11H14Cl2FN/c1-11(2,7-12)15-6-8-3-4-9(14)5-10(8)13/h3-5,15H,6-7H2,1-2H3. The van der Waals surface area contributed by atoms with Crippen molar-refractivity contribution in [1.29, 1.82) is 0 Å². The quantitative estimate of drug-likeness (QED) is 0.805. The van der Waals surface area contributed by atoms with Gasteiger partial charge in [-0.05, 0) is 31.5 Å². The largest absolute Gasteiger partial charge is 0.306 e. The van der Waals surface area contributed by atoms with Gasteiger partial charge >= 0.3 is 0 Å². The van der Waals surface area contributed by atoms with Crippen LogP contribution in [-0.2, 0) is 6.54 Å². The molecule has 84 valence electrons. The van der Waals surface area contributed by atoms with Gasteiger partial charge < -0.3 is 5.32 Å². The van der Waals surface area contributed by atoms with E-state index >= 15 is 0 Å². The first-order chi connectivity index (χ1) is 6.94. The molecule has 1 nitrogen and oxygen atoms in total. The lowest BCUT2D eigenvalue weighted by molar-refractivity contribution is 0.429. The van der Waals surface area contributed by atoms with E-state index in [1.165, 1.54) is 12.1 Å². The Balaban J connectivity index is 2.66. The fourth-order valence-corrected chi connectivity index (χ4v) is 1.38. The molecule has 1 aromatic rings. The normalized spacial score (nSPS) is 11.8. The van der Waals surface area contributed by atoms with Crippen molar-refractivity contribution < 1.29 is 4.39 Å². The molecule has 0 aliphatic heterocycles. The molecule has 1 N–H and O–H groups in total. The first-order valence-corrected chi connectivity index (χ1v) is 5.61. The van der Waals surface area contributed by atoms with Gasteiger partial charge in [-0.2, -0.15) is 0 Å². The summed E-state index contributed by atoms with van der Waals surface area (Å²) >= 11 is 11.7. The minimum atomic E-state index is -0.319. The van der Waals surface area contributed by atoms with E-state index in [0.29, 0.717) is 17.4 Å². The van der Waals surface area contributed by atoms with Gasteiger partial charge in [-0.25, -0.2) is 4.39 Å². The lowest BCUT2D eigenvalue weighted by Gasteiger charge is -2.23. The van der Waals surface area contributed by atoms with E-state index in [0.717, 1.165) is 5.56 Å². The average Bonchev–Trinajstić information content (AvgIpc) is 2.16. The van der Waals surface area contributed by atoms with Crippen molar-refractivity contribution in [3.63, 3.8) is 0 Å². The molecular weight excluding hydrogens is 236 g/mol. The van der Waals surface area contributed by atoms with E-state index < -0.39 is 0 Å². The molecule has 0 heterocycles. The van der Waals surface area contributed by atoms with Gasteiger partial charge in [0.15, 0.2) is 0 Å². The van der Waals surface area contributed by atoms with E-state index in [4.69, 9.17) is 23.2 Å². The molecule has 0 spiro atoms. The molecule has 0 amide bonds. The van der Waals surface area contributed by atoms with Gasteiger partial charge in [-0.1, -0.05) is 17.7 Å². The highest BCUT2D eigenvalue weighted by Crippen LogP contribution is 2.18. The first-order valence-electron chi connectivity index (χ1n) is 4.69. The van der Waals surface area contributed by atoms with E-state index in [9.17, 15) is 4.39 Å². The topological polar surface area (TPSA) is 12.0 Å². The van der Waals surface area contributed by atoms with Crippen LogP contribution in [0.2, 0.25) is 5.02 Å². The van der Waals surface area contributed by atoms with Crippen LogP contribution in [0, 0.1) is 5.82 Å². The fourth-order valence-electron chi connectivity index (χ4n) is 1.05. The number of nitrogens with one attached hydrogen (secondary N) is 1. The second-order valence-electron chi connectivity index (χ2n) is 4.11. The maximum Gasteiger partial charge on any atom is 0.124 e. The molecule has 15 heavy (non-hydrogen) atoms. The van der Waals surface area contributed by atoms with Gasteiger partial charge in [0, 0.05) is 23.0 Å². The highest BCUT2D eigenvalue weighted by atomic mass is 35.5. The molecular formula is C11H14Cl2FN. The third-order valence-corrected chi connectivity index (χ3v) is 3.13. The van der Waals surface area contributed by atoms with E-state index in [2.05, 4.69) is 5.32 Å². The van der Waals surface area contributed by atoms with Gasteiger partial charge in [-0.15, -0.1) is 11.6 Å². The average molecular weight is 250 g/mol. The number of halogens is 3. The molecule has 0 saturated carbocycles. The second-order valence-corrected chi connectivity index (χ2v) is 4.78. The Morgan fingerprint density at radius 1 is 1.40 bits per heavy atom. The summed E-state index contributed by atoms with van der Waals surface area (Å²) in [7, 11) is 0. The van der Waals surface area contributed by atoms with Gasteiger partial charge in [0.2, 0.25) is 0 Å². The van der Waals surface area contributed by atoms with Crippen molar-refractivity contribution in [3.05, 3.63) is 34.6 Å². The highest BCUT2D eigenvalue weighted by Gasteiger charge is 2.15.